The van der Waals surface area contributed by atoms with Gasteiger partial charge in [0.1, 0.15) is 0 Å². The van der Waals surface area contributed by atoms with Crippen molar-refractivity contribution in [1.82, 2.24) is 15.5 Å². The summed E-state index contributed by atoms with van der Waals surface area (Å²) in [6, 6.07) is 0.661. The van der Waals surface area contributed by atoms with Crippen molar-refractivity contribution >= 4 is 5.91 Å². The van der Waals surface area contributed by atoms with E-state index in [-0.39, 0.29) is 12.0 Å². The van der Waals surface area contributed by atoms with Crippen LogP contribution in [0.2, 0.25) is 0 Å². The number of ether oxygens (including phenoxy) is 1. The minimum absolute atomic E-state index is 0.173. The summed E-state index contributed by atoms with van der Waals surface area (Å²) in [5, 5.41) is 6.47. The SMILES string of the molecule is O=C(CN(CC1CCNCC1)C1CC1)NCC1CCCO1. The van der Waals surface area contributed by atoms with Gasteiger partial charge in [0, 0.05) is 25.7 Å². The molecule has 0 aromatic rings. The number of hydrogen-bond donors (Lipinski definition) is 2. The fourth-order valence-corrected chi connectivity index (χ4v) is 3.45. The Hall–Kier alpha value is -0.650. The van der Waals surface area contributed by atoms with Crippen molar-refractivity contribution in [2.24, 2.45) is 5.92 Å². The van der Waals surface area contributed by atoms with E-state index in [1.54, 1.807) is 0 Å². The number of amides is 1. The van der Waals surface area contributed by atoms with Crippen molar-refractivity contribution in [3.05, 3.63) is 0 Å². The second-order valence-electron chi connectivity index (χ2n) is 6.79. The largest absolute Gasteiger partial charge is 0.376 e. The van der Waals surface area contributed by atoms with Gasteiger partial charge in [-0.05, 0) is 57.5 Å². The van der Waals surface area contributed by atoms with Crippen LogP contribution in [0.4, 0.5) is 0 Å². The maximum atomic E-state index is 12.2. The summed E-state index contributed by atoms with van der Waals surface area (Å²) < 4.78 is 5.55. The van der Waals surface area contributed by atoms with Crippen LogP contribution in [-0.4, -0.2) is 62.3 Å². The summed E-state index contributed by atoms with van der Waals surface area (Å²) >= 11 is 0. The summed E-state index contributed by atoms with van der Waals surface area (Å²) in [6.07, 6.45) is 7.49. The molecule has 0 bridgehead atoms. The van der Waals surface area contributed by atoms with E-state index in [2.05, 4.69) is 15.5 Å². The summed E-state index contributed by atoms with van der Waals surface area (Å²) in [6.45, 7) is 5.47. The number of nitrogens with one attached hydrogen (secondary N) is 2. The molecular weight excluding hydrogens is 266 g/mol. The van der Waals surface area contributed by atoms with Crippen molar-refractivity contribution < 1.29 is 9.53 Å². The minimum Gasteiger partial charge on any atom is -0.376 e. The van der Waals surface area contributed by atoms with Gasteiger partial charge in [0.2, 0.25) is 5.91 Å². The van der Waals surface area contributed by atoms with Crippen molar-refractivity contribution in [3.63, 3.8) is 0 Å². The van der Waals surface area contributed by atoms with E-state index in [1.165, 1.54) is 25.7 Å². The van der Waals surface area contributed by atoms with Gasteiger partial charge in [-0.3, -0.25) is 9.69 Å². The molecule has 3 rings (SSSR count). The third-order valence-corrected chi connectivity index (χ3v) is 4.91. The molecule has 0 aromatic heterocycles. The Morgan fingerprint density at radius 2 is 2.00 bits per heavy atom. The second-order valence-corrected chi connectivity index (χ2v) is 6.79. The molecule has 1 atom stereocenters. The summed E-state index contributed by atoms with van der Waals surface area (Å²) in [5.74, 6) is 0.934. The molecule has 0 aromatic carbocycles. The normalized spacial score (nSPS) is 27.2. The number of carbonyl (C=O) groups is 1. The average molecular weight is 295 g/mol. The Morgan fingerprint density at radius 1 is 1.19 bits per heavy atom. The lowest BCUT2D eigenvalue weighted by Gasteiger charge is -2.29. The first-order valence-electron chi connectivity index (χ1n) is 8.64. The van der Waals surface area contributed by atoms with E-state index in [0.29, 0.717) is 19.1 Å². The van der Waals surface area contributed by atoms with Crippen LogP contribution in [-0.2, 0) is 9.53 Å². The predicted octanol–water partition coefficient (Wildman–Crippen LogP) is 0.746. The highest BCUT2D eigenvalue weighted by atomic mass is 16.5. The lowest BCUT2D eigenvalue weighted by molar-refractivity contribution is -0.123. The Morgan fingerprint density at radius 3 is 2.67 bits per heavy atom. The van der Waals surface area contributed by atoms with Crippen LogP contribution in [0.15, 0.2) is 0 Å². The zero-order valence-corrected chi connectivity index (χ0v) is 13.0. The second kappa shape index (κ2) is 7.56. The van der Waals surface area contributed by atoms with Crippen LogP contribution in [0.3, 0.4) is 0 Å². The lowest BCUT2D eigenvalue weighted by Crippen LogP contribution is -2.44. The third-order valence-electron chi connectivity index (χ3n) is 4.91. The third kappa shape index (κ3) is 4.94. The van der Waals surface area contributed by atoms with Crippen molar-refractivity contribution in [2.45, 2.75) is 50.7 Å². The molecule has 5 nitrogen and oxygen atoms in total. The predicted molar refractivity (Wildman–Crippen MR) is 82.2 cm³/mol. The van der Waals surface area contributed by atoms with Gasteiger partial charge in [0.15, 0.2) is 0 Å². The maximum Gasteiger partial charge on any atom is 0.234 e. The molecule has 21 heavy (non-hydrogen) atoms. The van der Waals surface area contributed by atoms with E-state index in [1.807, 2.05) is 0 Å². The van der Waals surface area contributed by atoms with Crippen LogP contribution in [0.25, 0.3) is 0 Å². The zero-order valence-electron chi connectivity index (χ0n) is 13.0. The number of nitrogens with zero attached hydrogens (tertiary/aromatic N) is 1. The molecule has 3 fully saturated rings. The van der Waals surface area contributed by atoms with Crippen LogP contribution < -0.4 is 10.6 Å². The zero-order chi connectivity index (χ0) is 14.5. The molecular formula is C16H29N3O2. The molecule has 1 amide bonds. The van der Waals surface area contributed by atoms with Crippen molar-refractivity contribution in [3.8, 4) is 0 Å². The molecule has 3 aliphatic rings. The smallest absolute Gasteiger partial charge is 0.234 e. The van der Waals surface area contributed by atoms with E-state index in [9.17, 15) is 4.79 Å². The molecule has 5 heteroatoms. The minimum atomic E-state index is 0.173. The van der Waals surface area contributed by atoms with Gasteiger partial charge in [0.25, 0.3) is 0 Å². The molecule has 1 saturated carbocycles. The summed E-state index contributed by atoms with van der Waals surface area (Å²) in [4.78, 5) is 14.6. The standard InChI is InChI=1S/C16H29N3O2/c20-16(18-10-15-2-1-9-21-15)12-19(14-3-4-14)11-13-5-7-17-8-6-13/h13-15,17H,1-12H2,(H,18,20). The van der Waals surface area contributed by atoms with E-state index >= 15 is 0 Å². The molecule has 0 spiro atoms. The van der Waals surface area contributed by atoms with Gasteiger partial charge in [0.05, 0.1) is 12.6 Å². The van der Waals surface area contributed by atoms with E-state index < -0.39 is 0 Å². The molecule has 2 aliphatic heterocycles. The van der Waals surface area contributed by atoms with Crippen LogP contribution in [0, 0.1) is 5.92 Å². The lowest BCUT2D eigenvalue weighted by atomic mass is 9.97. The number of piperidine rings is 1. The first-order valence-corrected chi connectivity index (χ1v) is 8.64. The quantitative estimate of drug-likeness (QED) is 0.728. The highest BCUT2D eigenvalue weighted by Crippen LogP contribution is 2.28. The van der Waals surface area contributed by atoms with Crippen molar-refractivity contribution in [1.29, 1.82) is 0 Å². The number of rotatable bonds is 7. The molecule has 0 radical (unpaired) electrons. The summed E-state index contributed by atoms with van der Waals surface area (Å²) in [5.41, 5.74) is 0. The Bertz CT molecular complexity index is 334. The first-order chi connectivity index (χ1) is 10.3. The van der Waals surface area contributed by atoms with E-state index in [4.69, 9.17) is 4.74 Å². The first kappa shape index (κ1) is 15.3. The topological polar surface area (TPSA) is 53.6 Å². The number of carbonyl (C=O) groups excluding carboxylic acids is 1. The molecule has 2 heterocycles. The Kier molecular flexibility index (Phi) is 5.49. The highest BCUT2D eigenvalue weighted by molar-refractivity contribution is 5.78. The molecule has 2 N–H and O–H groups in total. The number of hydrogen-bond acceptors (Lipinski definition) is 4. The Labute approximate surface area is 127 Å². The molecule has 1 unspecified atom stereocenters. The monoisotopic (exact) mass is 295 g/mol. The summed E-state index contributed by atoms with van der Waals surface area (Å²) in [7, 11) is 0. The molecule has 1 aliphatic carbocycles. The van der Waals surface area contributed by atoms with Gasteiger partial charge in [-0.15, -0.1) is 0 Å². The molecule has 2 saturated heterocycles. The fraction of sp³-hybridized carbons (Fsp3) is 0.938. The van der Waals surface area contributed by atoms with Gasteiger partial charge in [-0.1, -0.05) is 0 Å². The Balaban J connectivity index is 1.39. The molecule has 120 valence electrons. The van der Waals surface area contributed by atoms with Gasteiger partial charge < -0.3 is 15.4 Å². The highest BCUT2D eigenvalue weighted by Gasteiger charge is 2.32. The van der Waals surface area contributed by atoms with Gasteiger partial charge in [-0.2, -0.15) is 0 Å². The van der Waals surface area contributed by atoms with Crippen LogP contribution in [0.5, 0.6) is 0 Å². The average Bonchev–Trinajstić information content (AvgIpc) is 3.22. The van der Waals surface area contributed by atoms with Crippen LogP contribution in [0.1, 0.15) is 38.5 Å². The van der Waals surface area contributed by atoms with Crippen LogP contribution >= 0.6 is 0 Å². The van der Waals surface area contributed by atoms with E-state index in [0.717, 1.165) is 45.0 Å². The van der Waals surface area contributed by atoms with Gasteiger partial charge >= 0.3 is 0 Å². The van der Waals surface area contributed by atoms with Crippen molar-refractivity contribution in [2.75, 3.05) is 39.3 Å². The fourth-order valence-electron chi connectivity index (χ4n) is 3.45. The maximum absolute atomic E-state index is 12.2. The van der Waals surface area contributed by atoms with Gasteiger partial charge in [-0.25, -0.2) is 0 Å².